The van der Waals surface area contributed by atoms with Gasteiger partial charge in [-0.3, -0.25) is 4.79 Å². The van der Waals surface area contributed by atoms with Crippen LogP contribution in [0.3, 0.4) is 0 Å². The summed E-state index contributed by atoms with van der Waals surface area (Å²) in [5.41, 5.74) is 1.65. The minimum atomic E-state index is 0.206. The normalized spacial score (nSPS) is 50.5. The van der Waals surface area contributed by atoms with Crippen LogP contribution in [0.25, 0.3) is 0 Å². The van der Waals surface area contributed by atoms with Crippen LogP contribution in [-0.2, 0) is 4.79 Å². The topological polar surface area (TPSA) is 29.1 Å². The van der Waals surface area contributed by atoms with Crippen molar-refractivity contribution in [2.24, 2.45) is 40.4 Å². The molecule has 2 fully saturated rings. The van der Waals surface area contributed by atoms with Gasteiger partial charge < -0.3 is 5.32 Å². The third-order valence-electron chi connectivity index (χ3n) is 8.49. The molecular formula is C21H27NO. The number of amides is 1. The van der Waals surface area contributed by atoms with E-state index < -0.39 is 0 Å². The maximum Gasteiger partial charge on any atom is 0.247 e. The molecule has 0 radical (unpaired) electrons. The van der Waals surface area contributed by atoms with Gasteiger partial charge >= 0.3 is 0 Å². The van der Waals surface area contributed by atoms with E-state index in [1.807, 2.05) is 0 Å². The number of allylic oxidation sites excluding steroid dienone is 5. The van der Waals surface area contributed by atoms with Crippen LogP contribution in [0, 0.1) is 40.4 Å². The molecule has 0 aromatic rings. The second-order valence-corrected chi connectivity index (χ2v) is 9.29. The Labute approximate surface area is 139 Å². The third-order valence-corrected chi connectivity index (χ3v) is 8.49. The molecule has 0 heterocycles. The van der Waals surface area contributed by atoms with Gasteiger partial charge in [-0.15, -0.1) is 0 Å². The first-order valence-corrected chi connectivity index (χ1v) is 9.31. The molecule has 122 valence electrons. The lowest BCUT2D eigenvalue weighted by molar-refractivity contribution is -0.119. The maximum atomic E-state index is 13.0. The molecule has 1 N–H and O–H groups in total. The van der Waals surface area contributed by atoms with Crippen molar-refractivity contribution in [3.8, 4) is 0 Å². The summed E-state index contributed by atoms with van der Waals surface area (Å²) >= 11 is 0. The fraction of sp³-hybridized carbons (Fsp3) is 0.667. The summed E-state index contributed by atoms with van der Waals surface area (Å²) in [5.74, 6) is 2.96. The summed E-state index contributed by atoms with van der Waals surface area (Å²) in [6.45, 7) is 7.22. The number of carbonyl (C=O) groups excluding carboxylic acids is 1. The molecule has 2 saturated carbocycles. The first kappa shape index (κ1) is 14.1. The fourth-order valence-electron chi connectivity index (χ4n) is 6.50. The van der Waals surface area contributed by atoms with Crippen molar-refractivity contribution in [3.05, 3.63) is 36.0 Å². The number of fused-ring (bicyclic) bond motifs is 2. The van der Waals surface area contributed by atoms with Crippen molar-refractivity contribution in [2.75, 3.05) is 0 Å². The van der Waals surface area contributed by atoms with E-state index in [1.165, 1.54) is 19.3 Å². The molecule has 0 unspecified atom stereocenters. The molecular weight excluding hydrogens is 282 g/mol. The van der Waals surface area contributed by atoms with Crippen LogP contribution >= 0.6 is 0 Å². The average Bonchev–Trinajstić information content (AvgIpc) is 3.23. The zero-order chi connectivity index (χ0) is 16.0. The van der Waals surface area contributed by atoms with Gasteiger partial charge in [-0.1, -0.05) is 51.2 Å². The van der Waals surface area contributed by atoms with Crippen LogP contribution in [0.5, 0.6) is 0 Å². The standard InChI is InChI=1S/C21H27NO/c1-20(2)14-8-9-21(20,3)17(11-14)22-19(23)16-10-13-5-4-12-6-7-15(16)18(12)13/h4-7,10,12-15,17-18H,8-9,11H2,1-3H3,(H,22,23)/t12-,13-,14+,15+,17+,18-,21+/m0/s1. The predicted molar refractivity (Wildman–Crippen MR) is 91.5 cm³/mol. The second kappa shape index (κ2) is 4.20. The smallest absolute Gasteiger partial charge is 0.247 e. The first-order valence-electron chi connectivity index (χ1n) is 9.31. The van der Waals surface area contributed by atoms with E-state index in [0.717, 1.165) is 11.5 Å². The molecule has 0 aliphatic heterocycles. The number of hydrogen-bond acceptors (Lipinski definition) is 1. The Morgan fingerprint density at radius 1 is 1.13 bits per heavy atom. The Morgan fingerprint density at radius 2 is 1.87 bits per heavy atom. The van der Waals surface area contributed by atoms with Crippen LogP contribution in [0.1, 0.15) is 40.0 Å². The van der Waals surface area contributed by atoms with E-state index in [4.69, 9.17) is 0 Å². The van der Waals surface area contributed by atoms with Crippen LogP contribution < -0.4 is 5.32 Å². The minimum absolute atomic E-state index is 0.206. The highest BCUT2D eigenvalue weighted by Gasteiger charge is 2.61. The molecule has 2 nitrogen and oxygen atoms in total. The Bertz CT molecular complexity index is 669. The van der Waals surface area contributed by atoms with E-state index in [-0.39, 0.29) is 11.3 Å². The lowest BCUT2D eigenvalue weighted by Gasteiger charge is -2.39. The monoisotopic (exact) mass is 309 g/mol. The van der Waals surface area contributed by atoms with E-state index in [0.29, 0.717) is 35.1 Å². The van der Waals surface area contributed by atoms with Gasteiger partial charge in [0.1, 0.15) is 0 Å². The predicted octanol–water partition coefficient (Wildman–Crippen LogP) is 3.86. The minimum Gasteiger partial charge on any atom is -0.349 e. The number of carbonyl (C=O) groups is 1. The Morgan fingerprint density at radius 3 is 2.57 bits per heavy atom. The van der Waals surface area contributed by atoms with Crippen molar-refractivity contribution in [1.29, 1.82) is 0 Å². The van der Waals surface area contributed by atoms with Crippen molar-refractivity contribution >= 4 is 5.91 Å². The molecule has 2 heteroatoms. The fourth-order valence-corrected chi connectivity index (χ4v) is 6.50. The number of nitrogens with one attached hydrogen (secondary N) is 1. The summed E-state index contributed by atoms with van der Waals surface area (Å²) in [5, 5.41) is 3.46. The van der Waals surface area contributed by atoms with Gasteiger partial charge in [0.15, 0.2) is 0 Å². The largest absolute Gasteiger partial charge is 0.349 e. The van der Waals surface area contributed by atoms with Gasteiger partial charge in [0.25, 0.3) is 0 Å². The van der Waals surface area contributed by atoms with Crippen molar-refractivity contribution in [1.82, 2.24) is 5.32 Å². The van der Waals surface area contributed by atoms with Gasteiger partial charge in [0.05, 0.1) is 0 Å². The molecule has 5 rings (SSSR count). The molecule has 1 amide bonds. The lowest BCUT2D eigenvalue weighted by atomic mass is 9.69. The summed E-state index contributed by atoms with van der Waals surface area (Å²) in [6, 6.07) is 0.349. The Balaban J connectivity index is 1.38. The van der Waals surface area contributed by atoms with Gasteiger partial charge in [0, 0.05) is 23.5 Å². The van der Waals surface area contributed by atoms with Gasteiger partial charge in [0.2, 0.25) is 5.91 Å². The van der Waals surface area contributed by atoms with Crippen LogP contribution in [0.2, 0.25) is 0 Å². The zero-order valence-corrected chi connectivity index (χ0v) is 14.4. The molecule has 0 spiro atoms. The van der Waals surface area contributed by atoms with Gasteiger partial charge in [-0.05, 0) is 47.8 Å². The maximum absolute atomic E-state index is 13.0. The quantitative estimate of drug-likeness (QED) is 0.771. The number of hydrogen-bond donors (Lipinski definition) is 1. The molecule has 5 aliphatic rings. The van der Waals surface area contributed by atoms with Crippen molar-refractivity contribution in [3.63, 3.8) is 0 Å². The van der Waals surface area contributed by atoms with Crippen LogP contribution in [0.4, 0.5) is 0 Å². The summed E-state index contributed by atoms with van der Waals surface area (Å²) in [7, 11) is 0. The highest BCUT2D eigenvalue weighted by Crippen LogP contribution is 2.65. The second-order valence-electron chi connectivity index (χ2n) is 9.29. The first-order chi connectivity index (χ1) is 10.9. The third kappa shape index (κ3) is 1.58. The Kier molecular flexibility index (Phi) is 2.57. The molecule has 2 bridgehead atoms. The summed E-state index contributed by atoms with van der Waals surface area (Å²) < 4.78 is 0. The van der Waals surface area contributed by atoms with Crippen LogP contribution in [-0.4, -0.2) is 11.9 Å². The molecule has 7 atom stereocenters. The van der Waals surface area contributed by atoms with E-state index in [2.05, 4.69) is 56.5 Å². The molecule has 5 aliphatic carbocycles. The highest BCUT2D eigenvalue weighted by atomic mass is 16.1. The molecule has 0 saturated heterocycles. The van der Waals surface area contributed by atoms with Crippen molar-refractivity contribution < 1.29 is 4.79 Å². The highest BCUT2D eigenvalue weighted by molar-refractivity contribution is 5.95. The number of rotatable bonds is 2. The van der Waals surface area contributed by atoms with Crippen molar-refractivity contribution in [2.45, 2.75) is 46.1 Å². The zero-order valence-electron chi connectivity index (χ0n) is 14.4. The molecule has 0 aromatic heterocycles. The van der Waals surface area contributed by atoms with Gasteiger partial charge in [-0.2, -0.15) is 0 Å². The lowest BCUT2D eigenvalue weighted by Crippen LogP contribution is -2.47. The summed E-state index contributed by atoms with van der Waals surface area (Å²) in [6.07, 6.45) is 15.2. The van der Waals surface area contributed by atoms with E-state index in [1.54, 1.807) is 0 Å². The average molecular weight is 309 g/mol. The SMILES string of the molecule is CC1(C)[C@@H]2CC[C@]1(C)[C@H](NC(=O)C1=C[C@@H]3C=C[C@H]4C=C[C@H]1[C@@H]43)C2. The van der Waals surface area contributed by atoms with E-state index >= 15 is 0 Å². The van der Waals surface area contributed by atoms with E-state index in [9.17, 15) is 4.79 Å². The van der Waals surface area contributed by atoms with Gasteiger partial charge in [-0.25, -0.2) is 0 Å². The molecule has 0 aromatic carbocycles. The molecule has 23 heavy (non-hydrogen) atoms. The Hall–Kier alpha value is -1.31. The summed E-state index contributed by atoms with van der Waals surface area (Å²) in [4.78, 5) is 13.0. The van der Waals surface area contributed by atoms with Crippen LogP contribution in [0.15, 0.2) is 36.0 Å².